The molecule has 0 saturated heterocycles. The summed E-state index contributed by atoms with van der Waals surface area (Å²) in [6.07, 6.45) is 7.47. The van der Waals surface area contributed by atoms with Gasteiger partial charge in [-0.05, 0) is 36.8 Å². The normalized spacial score (nSPS) is 11.0. The number of benzene rings is 2. The minimum atomic E-state index is -0.365. The van der Waals surface area contributed by atoms with Gasteiger partial charge in [-0.25, -0.2) is 4.98 Å². The summed E-state index contributed by atoms with van der Waals surface area (Å²) in [7, 11) is 1.90. The summed E-state index contributed by atoms with van der Waals surface area (Å²) in [6, 6.07) is 15.4. The van der Waals surface area contributed by atoms with Crippen LogP contribution in [0.2, 0.25) is 10.3 Å². The van der Waals surface area contributed by atoms with Crippen molar-refractivity contribution in [3.05, 3.63) is 76.6 Å². The monoisotopic (exact) mass is 616 g/mol. The molecule has 0 atom stereocenters. The van der Waals surface area contributed by atoms with Crippen molar-refractivity contribution in [1.29, 1.82) is 0 Å². The van der Waals surface area contributed by atoms with Crippen LogP contribution in [0.4, 0.5) is 5.69 Å². The third-order valence-electron chi connectivity index (χ3n) is 6.34. The van der Waals surface area contributed by atoms with Crippen molar-refractivity contribution in [1.82, 2.24) is 24.3 Å². The predicted molar refractivity (Wildman–Crippen MR) is 163 cm³/mol. The molecule has 41 heavy (non-hydrogen) atoms. The fraction of sp³-hybridized carbons (Fsp3) is 0.379. The van der Waals surface area contributed by atoms with E-state index >= 15 is 0 Å². The van der Waals surface area contributed by atoms with Crippen molar-refractivity contribution in [2.24, 2.45) is 7.05 Å². The lowest BCUT2D eigenvalue weighted by atomic mass is 10.1. The van der Waals surface area contributed by atoms with Crippen LogP contribution in [0.3, 0.4) is 0 Å². The highest BCUT2D eigenvalue weighted by molar-refractivity contribution is 8.00. The second-order valence-electron chi connectivity index (χ2n) is 9.50. The van der Waals surface area contributed by atoms with Crippen molar-refractivity contribution in [2.45, 2.75) is 64.2 Å². The highest BCUT2D eigenvalue weighted by Gasteiger charge is 2.19. The molecule has 0 aliphatic rings. The van der Waals surface area contributed by atoms with Gasteiger partial charge in [0.05, 0.1) is 26.0 Å². The lowest BCUT2D eigenvalue weighted by Crippen LogP contribution is -2.16. The zero-order chi connectivity index (χ0) is 29.2. The summed E-state index contributed by atoms with van der Waals surface area (Å²) in [6.45, 7) is 5.18. The molecule has 4 aromatic rings. The van der Waals surface area contributed by atoms with Gasteiger partial charge in [-0.15, -0.1) is 10.2 Å². The fourth-order valence-electron chi connectivity index (χ4n) is 4.11. The molecular weight excluding hydrogens is 583 g/mol. The number of carbonyl (C=O) groups is 1. The van der Waals surface area contributed by atoms with Crippen molar-refractivity contribution in [3.63, 3.8) is 0 Å². The van der Waals surface area contributed by atoms with Gasteiger partial charge in [0.15, 0.2) is 11.0 Å². The number of esters is 1. The summed E-state index contributed by atoms with van der Waals surface area (Å²) in [5.74, 6) is 1.67. The van der Waals surface area contributed by atoms with E-state index in [2.05, 4.69) is 32.5 Å². The van der Waals surface area contributed by atoms with Gasteiger partial charge in [-0.3, -0.25) is 4.79 Å². The SMILES string of the molecule is CCCCCCCOc1ccccc1CN(Sc1nnc(Cn2cnc(Cl)c2Cl)n1C)c1ccc(OC(C)=O)cc1. The minimum Gasteiger partial charge on any atom is -0.493 e. The average Bonchev–Trinajstić information content (AvgIpc) is 3.47. The first-order valence-corrected chi connectivity index (χ1v) is 15.1. The molecule has 0 saturated carbocycles. The molecule has 0 bridgehead atoms. The number of carbonyl (C=O) groups excluding carboxylic acids is 1. The number of aromatic nitrogens is 5. The number of rotatable bonds is 15. The van der Waals surface area contributed by atoms with Crippen LogP contribution in [-0.4, -0.2) is 36.9 Å². The molecule has 12 heteroatoms. The Morgan fingerprint density at radius 3 is 2.49 bits per heavy atom. The Kier molecular flexibility index (Phi) is 11.4. The number of anilines is 1. The minimum absolute atomic E-state index is 0.244. The first kappa shape index (κ1) is 30.7. The smallest absolute Gasteiger partial charge is 0.308 e. The van der Waals surface area contributed by atoms with Crippen molar-refractivity contribution in [3.8, 4) is 11.5 Å². The number of unbranched alkanes of at least 4 members (excludes halogenated alkanes) is 4. The standard InChI is InChI=1S/C29H34Cl2N6O3S/c1-4-5-6-7-10-17-39-25-12-9-8-11-22(25)18-37(23-13-15-24(16-14-23)40-21(2)38)41-29-34-33-26(35(29)3)19-36-20-32-27(30)28(36)31/h8-9,11-16,20H,4-7,10,17-19H2,1-3H3. The van der Waals surface area contributed by atoms with E-state index in [0.29, 0.717) is 41.6 Å². The molecule has 0 spiro atoms. The Bertz CT molecular complexity index is 1430. The second kappa shape index (κ2) is 15.1. The molecule has 0 unspecified atom stereocenters. The number of para-hydroxylation sites is 1. The maximum atomic E-state index is 11.4. The Morgan fingerprint density at radius 2 is 1.78 bits per heavy atom. The third kappa shape index (κ3) is 8.64. The van der Waals surface area contributed by atoms with Crippen LogP contribution in [0, 0.1) is 0 Å². The van der Waals surface area contributed by atoms with E-state index in [4.69, 9.17) is 32.7 Å². The van der Waals surface area contributed by atoms with E-state index in [1.807, 2.05) is 41.9 Å². The molecule has 2 aromatic heterocycles. The summed E-state index contributed by atoms with van der Waals surface area (Å²) < 4.78 is 17.2. The van der Waals surface area contributed by atoms with Gasteiger partial charge in [-0.1, -0.05) is 74.0 Å². The maximum absolute atomic E-state index is 11.4. The Hall–Kier alpha value is -3.21. The van der Waals surface area contributed by atoms with Crippen molar-refractivity contribution >= 4 is 46.8 Å². The molecule has 0 radical (unpaired) electrons. The lowest BCUT2D eigenvalue weighted by molar-refractivity contribution is -0.131. The molecule has 4 rings (SSSR count). The van der Waals surface area contributed by atoms with Crippen molar-refractivity contribution in [2.75, 3.05) is 10.9 Å². The Labute approximate surface area is 254 Å². The Morgan fingerprint density at radius 1 is 1.02 bits per heavy atom. The summed E-state index contributed by atoms with van der Waals surface area (Å²) >= 11 is 13.7. The number of ether oxygens (including phenoxy) is 2. The molecule has 0 aliphatic heterocycles. The van der Waals surface area contributed by atoms with Crippen molar-refractivity contribution < 1.29 is 14.3 Å². The number of halogens is 2. The third-order valence-corrected chi connectivity index (χ3v) is 8.19. The quantitative estimate of drug-likeness (QED) is 0.0592. The van der Waals surface area contributed by atoms with Gasteiger partial charge in [0, 0.05) is 37.2 Å². The largest absolute Gasteiger partial charge is 0.493 e. The molecule has 0 fully saturated rings. The number of imidazole rings is 1. The molecule has 0 N–H and O–H groups in total. The summed E-state index contributed by atoms with van der Waals surface area (Å²) in [5.41, 5.74) is 1.94. The molecule has 2 aromatic carbocycles. The molecule has 218 valence electrons. The van der Waals surface area contributed by atoms with Crippen LogP contribution in [0.5, 0.6) is 11.5 Å². The lowest BCUT2D eigenvalue weighted by Gasteiger charge is -2.24. The van der Waals surface area contributed by atoms with E-state index < -0.39 is 0 Å². The van der Waals surface area contributed by atoms with Gasteiger partial charge in [-0.2, -0.15) is 0 Å². The highest BCUT2D eigenvalue weighted by atomic mass is 35.5. The maximum Gasteiger partial charge on any atom is 0.308 e. The van der Waals surface area contributed by atoms with Crippen LogP contribution in [0.25, 0.3) is 0 Å². The van der Waals surface area contributed by atoms with Gasteiger partial charge < -0.3 is 22.9 Å². The van der Waals surface area contributed by atoms with E-state index in [9.17, 15) is 4.79 Å². The molecule has 0 amide bonds. The van der Waals surface area contributed by atoms with E-state index in [-0.39, 0.29) is 11.1 Å². The first-order chi connectivity index (χ1) is 19.9. The van der Waals surface area contributed by atoms with Gasteiger partial charge in [0.1, 0.15) is 16.7 Å². The number of nitrogens with zero attached hydrogens (tertiary/aromatic N) is 6. The van der Waals surface area contributed by atoms with Crippen LogP contribution in [-0.2, 0) is 24.9 Å². The van der Waals surface area contributed by atoms with Crippen LogP contribution >= 0.6 is 35.1 Å². The van der Waals surface area contributed by atoms with Gasteiger partial charge in [0.25, 0.3) is 0 Å². The zero-order valence-corrected chi connectivity index (χ0v) is 25.8. The van der Waals surface area contributed by atoms with Gasteiger partial charge >= 0.3 is 5.97 Å². The molecular formula is C29H34Cl2N6O3S. The van der Waals surface area contributed by atoms with Crippen LogP contribution in [0.15, 0.2) is 60.0 Å². The topological polar surface area (TPSA) is 87.3 Å². The van der Waals surface area contributed by atoms with Crippen LogP contribution in [0.1, 0.15) is 57.3 Å². The molecule has 0 aliphatic carbocycles. The molecule has 2 heterocycles. The van der Waals surface area contributed by atoms with E-state index in [1.165, 1.54) is 38.1 Å². The predicted octanol–water partition coefficient (Wildman–Crippen LogP) is 7.36. The zero-order valence-electron chi connectivity index (χ0n) is 23.4. The fourth-order valence-corrected chi connectivity index (χ4v) is 5.34. The Balaban J connectivity index is 1.55. The second-order valence-corrected chi connectivity index (χ2v) is 11.2. The highest BCUT2D eigenvalue weighted by Crippen LogP contribution is 2.33. The van der Waals surface area contributed by atoms with E-state index in [0.717, 1.165) is 29.8 Å². The number of hydrogen-bond donors (Lipinski definition) is 0. The number of hydrogen-bond acceptors (Lipinski definition) is 8. The van der Waals surface area contributed by atoms with Crippen LogP contribution < -0.4 is 13.8 Å². The first-order valence-electron chi connectivity index (χ1n) is 13.5. The average molecular weight is 618 g/mol. The van der Waals surface area contributed by atoms with Gasteiger partial charge in [0.2, 0.25) is 5.16 Å². The van der Waals surface area contributed by atoms with E-state index in [1.54, 1.807) is 23.0 Å². The summed E-state index contributed by atoms with van der Waals surface area (Å²) in [5, 5.41) is 10.1. The molecule has 9 nitrogen and oxygen atoms in total. The summed E-state index contributed by atoms with van der Waals surface area (Å²) in [4.78, 5) is 15.5.